The Morgan fingerprint density at radius 2 is 2.21 bits per heavy atom. The third-order valence-corrected chi connectivity index (χ3v) is 2.83. The molecule has 3 heteroatoms. The van der Waals surface area contributed by atoms with Gasteiger partial charge in [0.15, 0.2) is 5.78 Å². The first-order valence-corrected chi connectivity index (χ1v) is 4.92. The van der Waals surface area contributed by atoms with E-state index in [1.165, 1.54) is 0 Å². The van der Waals surface area contributed by atoms with Crippen LogP contribution in [0.4, 0.5) is 0 Å². The van der Waals surface area contributed by atoms with Gasteiger partial charge in [0, 0.05) is 6.42 Å². The Balaban J connectivity index is 2.92. The molecular formula is C11H16O3. The number of rotatable bonds is 2. The zero-order valence-electron chi connectivity index (χ0n) is 8.76. The number of esters is 1. The van der Waals surface area contributed by atoms with Crippen molar-refractivity contribution in [3.05, 3.63) is 12.2 Å². The van der Waals surface area contributed by atoms with Gasteiger partial charge in [-0.15, -0.1) is 0 Å². The molecule has 1 saturated carbocycles. The molecule has 1 aliphatic rings. The zero-order chi connectivity index (χ0) is 10.8. The number of ether oxygens (including phenoxy) is 1. The van der Waals surface area contributed by atoms with Crippen molar-refractivity contribution in [3.8, 4) is 0 Å². The van der Waals surface area contributed by atoms with Gasteiger partial charge in [-0.05, 0) is 26.7 Å². The van der Waals surface area contributed by atoms with Crippen LogP contribution in [0.2, 0.25) is 0 Å². The van der Waals surface area contributed by atoms with Crippen molar-refractivity contribution in [2.24, 2.45) is 5.41 Å². The van der Waals surface area contributed by atoms with Crippen molar-refractivity contribution in [3.63, 3.8) is 0 Å². The van der Waals surface area contributed by atoms with Crippen LogP contribution < -0.4 is 0 Å². The van der Waals surface area contributed by atoms with Crippen LogP contribution in [0.1, 0.15) is 33.1 Å². The van der Waals surface area contributed by atoms with E-state index in [9.17, 15) is 9.59 Å². The quantitative estimate of drug-likeness (QED) is 0.384. The second-order valence-electron chi connectivity index (χ2n) is 3.73. The Kier molecular flexibility index (Phi) is 3.09. The summed E-state index contributed by atoms with van der Waals surface area (Å²) in [5, 5.41) is 0. The van der Waals surface area contributed by atoms with Crippen LogP contribution >= 0.6 is 0 Å². The fourth-order valence-corrected chi connectivity index (χ4v) is 1.69. The molecule has 0 aromatic heterocycles. The predicted molar refractivity (Wildman–Crippen MR) is 52.7 cm³/mol. The Hall–Kier alpha value is -1.12. The van der Waals surface area contributed by atoms with E-state index in [1.54, 1.807) is 13.8 Å². The van der Waals surface area contributed by atoms with Crippen LogP contribution in [0.5, 0.6) is 0 Å². The SMILES string of the molecule is C=C1CCCC(=O)C1(C)C(=O)OCC. The fraction of sp³-hybridized carbons (Fsp3) is 0.636. The predicted octanol–water partition coefficient (Wildman–Crippen LogP) is 1.86. The highest BCUT2D eigenvalue weighted by molar-refractivity contribution is 6.07. The minimum Gasteiger partial charge on any atom is -0.465 e. The molecule has 3 nitrogen and oxygen atoms in total. The summed E-state index contributed by atoms with van der Waals surface area (Å²) >= 11 is 0. The summed E-state index contributed by atoms with van der Waals surface area (Å²) in [6, 6.07) is 0. The summed E-state index contributed by atoms with van der Waals surface area (Å²) in [6.07, 6.45) is 1.99. The number of Topliss-reactive ketones (excluding diaryl/α,β-unsaturated/α-hetero) is 1. The lowest BCUT2D eigenvalue weighted by molar-refractivity contribution is -0.157. The summed E-state index contributed by atoms with van der Waals surface area (Å²) in [5.74, 6) is -0.512. The van der Waals surface area contributed by atoms with Crippen molar-refractivity contribution < 1.29 is 14.3 Å². The lowest BCUT2D eigenvalue weighted by Gasteiger charge is -2.31. The second kappa shape index (κ2) is 3.95. The van der Waals surface area contributed by atoms with Gasteiger partial charge in [0.1, 0.15) is 5.41 Å². The topological polar surface area (TPSA) is 43.4 Å². The van der Waals surface area contributed by atoms with Gasteiger partial charge in [-0.2, -0.15) is 0 Å². The summed E-state index contributed by atoms with van der Waals surface area (Å²) in [6.45, 7) is 7.45. The van der Waals surface area contributed by atoms with Crippen molar-refractivity contribution >= 4 is 11.8 Å². The van der Waals surface area contributed by atoms with E-state index in [1.807, 2.05) is 0 Å². The molecule has 1 aliphatic carbocycles. The third kappa shape index (κ3) is 1.59. The van der Waals surface area contributed by atoms with Crippen LogP contribution in [0, 0.1) is 5.41 Å². The molecule has 1 fully saturated rings. The summed E-state index contributed by atoms with van der Waals surface area (Å²) in [4.78, 5) is 23.3. The maximum Gasteiger partial charge on any atom is 0.323 e. The molecule has 0 bridgehead atoms. The average molecular weight is 196 g/mol. The van der Waals surface area contributed by atoms with Crippen LogP contribution in [0.15, 0.2) is 12.2 Å². The second-order valence-corrected chi connectivity index (χ2v) is 3.73. The molecule has 0 saturated heterocycles. The fourth-order valence-electron chi connectivity index (χ4n) is 1.69. The molecule has 0 N–H and O–H groups in total. The number of carbonyl (C=O) groups is 2. The summed E-state index contributed by atoms with van der Waals surface area (Å²) < 4.78 is 4.90. The maximum absolute atomic E-state index is 11.7. The van der Waals surface area contributed by atoms with Crippen LogP contribution in [0.25, 0.3) is 0 Å². The molecule has 78 valence electrons. The molecule has 0 aromatic rings. The number of carbonyl (C=O) groups excluding carboxylic acids is 2. The highest BCUT2D eigenvalue weighted by Gasteiger charge is 2.46. The van der Waals surface area contributed by atoms with Crippen molar-refractivity contribution in [2.75, 3.05) is 6.61 Å². The van der Waals surface area contributed by atoms with Crippen molar-refractivity contribution in [2.45, 2.75) is 33.1 Å². The molecule has 0 aromatic carbocycles. The first kappa shape index (κ1) is 11.0. The first-order chi connectivity index (χ1) is 6.53. The molecule has 0 radical (unpaired) electrons. The Morgan fingerprint density at radius 3 is 2.71 bits per heavy atom. The molecule has 14 heavy (non-hydrogen) atoms. The van der Waals surface area contributed by atoms with E-state index in [4.69, 9.17) is 4.74 Å². The third-order valence-electron chi connectivity index (χ3n) is 2.83. The van der Waals surface area contributed by atoms with Crippen molar-refractivity contribution in [1.82, 2.24) is 0 Å². The van der Waals surface area contributed by atoms with E-state index in [0.29, 0.717) is 18.6 Å². The van der Waals surface area contributed by atoms with E-state index in [-0.39, 0.29) is 5.78 Å². The number of hydrogen-bond acceptors (Lipinski definition) is 3. The van der Waals surface area contributed by atoms with Gasteiger partial charge in [0.25, 0.3) is 0 Å². The van der Waals surface area contributed by atoms with Gasteiger partial charge in [0.2, 0.25) is 0 Å². The van der Waals surface area contributed by atoms with E-state index >= 15 is 0 Å². The smallest absolute Gasteiger partial charge is 0.323 e. The van der Waals surface area contributed by atoms with Gasteiger partial charge in [-0.25, -0.2) is 0 Å². The largest absolute Gasteiger partial charge is 0.465 e. The monoisotopic (exact) mass is 196 g/mol. The highest BCUT2D eigenvalue weighted by Crippen LogP contribution is 2.37. The first-order valence-electron chi connectivity index (χ1n) is 4.92. The molecular weight excluding hydrogens is 180 g/mol. The van der Waals surface area contributed by atoms with E-state index in [2.05, 4.69) is 6.58 Å². The minimum absolute atomic E-state index is 0.0628. The molecule has 0 aliphatic heterocycles. The molecule has 1 rings (SSSR count). The molecule has 0 amide bonds. The number of ketones is 1. The standard InChI is InChI=1S/C11H16O3/c1-4-14-10(13)11(3)8(2)6-5-7-9(11)12/h2,4-7H2,1,3H3. The molecule has 1 atom stereocenters. The Labute approximate surface area is 84.1 Å². The maximum atomic E-state index is 11.7. The average Bonchev–Trinajstić information content (AvgIpc) is 2.14. The van der Waals surface area contributed by atoms with Gasteiger partial charge in [0.05, 0.1) is 6.61 Å². The van der Waals surface area contributed by atoms with Gasteiger partial charge in [-0.1, -0.05) is 12.2 Å². The van der Waals surface area contributed by atoms with E-state index < -0.39 is 11.4 Å². The molecule has 0 heterocycles. The van der Waals surface area contributed by atoms with Gasteiger partial charge >= 0.3 is 5.97 Å². The van der Waals surface area contributed by atoms with Crippen LogP contribution in [0.3, 0.4) is 0 Å². The van der Waals surface area contributed by atoms with E-state index in [0.717, 1.165) is 12.8 Å². The van der Waals surface area contributed by atoms with Crippen LogP contribution in [-0.2, 0) is 14.3 Å². The normalized spacial score (nSPS) is 27.6. The molecule has 1 unspecified atom stereocenters. The van der Waals surface area contributed by atoms with Gasteiger partial charge in [-0.3, -0.25) is 9.59 Å². The highest BCUT2D eigenvalue weighted by atomic mass is 16.5. The molecule has 0 spiro atoms. The summed E-state index contributed by atoms with van der Waals surface area (Å²) in [7, 11) is 0. The lowest BCUT2D eigenvalue weighted by Crippen LogP contribution is -2.41. The van der Waals surface area contributed by atoms with Crippen LogP contribution in [-0.4, -0.2) is 18.4 Å². The lowest BCUT2D eigenvalue weighted by atomic mass is 9.71. The minimum atomic E-state index is -1.09. The van der Waals surface area contributed by atoms with Gasteiger partial charge < -0.3 is 4.74 Å². The Morgan fingerprint density at radius 1 is 1.57 bits per heavy atom. The number of hydrogen-bond donors (Lipinski definition) is 0. The zero-order valence-corrected chi connectivity index (χ0v) is 8.76. The van der Waals surface area contributed by atoms with Crippen molar-refractivity contribution in [1.29, 1.82) is 0 Å². The summed E-state index contributed by atoms with van der Waals surface area (Å²) in [5.41, 5.74) is -0.402. The Bertz CT molecular complexity index is 262.